The summed E-state index contributed by atoms with van der Waals surface area (Å²) in [5.41, 5.74) is -4.16. The Morgan fingerprint density at radius 1 is 1.08 bits per heavy atom. The van der Waals surface area contributed by atoms with Gasteiger partial charge in [0.2, 0.25) is 6.29 Å². The van der Waals surface area contributed by atoms with Crippen LogP contribution in [0.4, 0.5) is 39.5 Å². The minimum atomic E-state index is -6.21. The van der Waals surface area contributed by atoms with Gasteiger partial charge >= 0.3 is 30.5 Å². The van der Waals surface area contributed by atoms with E-state index in [1.165, 1.54) is 0 Å². The van der Waals surface area contributed by atoms with Crippen LogP contribution in [0.1, 0.15) is 12.8 Å². The Bertz CT molecular complexity index is 551. The van der Waals surface area contributed by atoms with Crippen molar-refractivity contribution >= 4 is 11.9 Å². The molecule has 1 aliphatic heterocycles. The molecule has 0 amide bonds. The van der Waals surface area contributed by atoms with Crippen molar-refractivity contribution in [2.24, 2.45) is 0 Å². The lowest BCUT2D eigenvalue weighted by atomic mass is 9.99. The molecule has 0 spiro atoms. The first-order valence-corrected chi connectivity index (χ1v) is 6.46. The summed E-state index contributed by atoms with van der Waals surface area (Å²) in [6.07, 6.45) is -26.8. The van der Waals surface area contributed by atoms with Crippen molar-refractivity contribution in [3.8, 4) is 0 Å². The summed E-state index contributed by atoms with van der Waals surface area (Å²) in [5, 5.41) is 0. The van der Waals surface area contributed by atoms with Gasteiger partial charge in [0.05, 0.1) is 0 Å². The maximum absolute atomic E-state index is 13.2. The fourth-order valence-corrected chi connectivity index (χ4v) is 1.92. The Morgan fingerprint density at radius 3 is 1.96 bits per heavy atom. The summed E-state index contributed by atoms with van der Waals surface area (Å²) in [6.45, 7) is 2.92. The number of carbonyl (C=O) groups excluding carboxylic acids is 2. The van der Waals surface area contributed by atoms with Crippen LogP contribution in [0, 0.1) is 0 Å². The van der Waals surface area contributed by atoms with Crippen molar-refractivity contribution in [3.63, 3.8) is 0 Å². The van der Waals surface area contributed by atoms with Crippen LogP contribution in [0.3, 0.4) is 0 Å². The normalized spacial score (nSPS) is 24.5. The molecule has 26 heavy (non-hydrogen) atoms. The zero-order chi connectivity index (χ0) is 20.6. The maximum atomic E-state index is 13.2. The number of hydrogen-bond donors (Lipinski definition) is 0. The molecule has 2 atom stereocenters. The van der Waals surface area contributed by atoms with Crippen LogP contribution < -0.4 is 0 Å². The zero-order valence-corrected chi connectivity index (χ0v) is 12.3. The molecule has 5 nitrogen and oxygen atoms in total. The Labute approximate surface area is 138 Å². The van der Waals surface area contributed by atoms with Crippen LogP contribution >= 0.6 is 0 Å². The van der Waals surface area contributed by atoms with Gasteiger partial charge in [-0.3, -0.25) is 0 Å². The molecule has 1 aliphatic rings. The first-order valence-electron chi connectivity index (χ1n) is 6.46. The molecule has 2 unspecified atom stereocenters. The molecule has 1 fully saturated rings. The Balaban J connectivity index is 3.13. The van der Waals surface area contributed by atoms with Crippen molar-refractivity contribution in [2.45, 2.75) is 49.4 Å². The largest absolute Gasteiger partial charge is 0.440 e. The summed E-state index contributed by atoms with van der Waals surface area (Å²) >= 11 is 0. The molecule has 150 valence electrons. The van der Waals surface area contributed by atoms with Gasteiger partial charge in [0.25, 0.3) is 11.7 Å². The molecular formula is C12H9F9O5. The molecule has 0 aromatic carbocycles. The second-order valence-corrected chi connectivity index (χ2v) is 4.92. The first kappa shape index (κ1) is 22.1. The molecule has 1 heterocycles. The lowest BCUT2D eigenvalue weighted by Crippen LogP contribution is -2.57. The van der Waals surface area contributed by atoms with E-state index in [4.69, 9.17) is 0 Å². The molecule has 0 aliphatic carbocycles. The molecule has 0 aromatic rings. The number of rotatable bonds is 4. The van der Waals surface area contributed by atoms with Crippen molar-refractivity contribution in [1.29, 1.82) is 0 Å². The number of hydrogen-bond acceptors (Lipinski definition) is 5. The van der Waals surface area contributed by atoms with E-state index in [1.807, 2.05) is 0 Å². The fraction of sp³-hybridized carbons (Fsp3) is 0.667. The smallest absolute Gasteiger partial charge is 0.434 e. The van der Waals surface area contributed by atoms with E-state index in [-0.39, 0.29) is 0 Å². The van der Waals surface area contributed by atoms with Crippen LogP contribution in [-0.2, 0) is 23.8 Å². The van der Waals surface area contributed by atoms with E-state index in [0.29, 0.717) is 6.08 Å². The molecule has 0 saturated carbocycles. The monoisotopic (exact) mass is 404 g/mol. The van der Waals surface area contributed by atoms with Gasteiger partial charge in [0.1, 0.15) is 0 Å². The van der Waals surface area contributed by atoms with E-state index >= 15 is 0 Å². The SMILES string of the molecule is C=CC(=O)OC1CCC(C(=O)OC(C(F)(F)F)C(F)(F)F)(C(F)(F)F)O1. The van der Waals surface area contributed by atoms with Gasteiger partial charge in [-0.15, -0.1) is 0 Å². The van der Waals surface area contributed by atoms with E-state index in [1.54, 1.807) is 0 Å². The van der Waals surface area contributed by atoms with Crippen molar-refractivity contribution in [3.05, 3.63) is 12.7 Å². The van der Waals surface area contributed by atoms with Gasteiger partial charge in [-0.1, -0.05) is 6.58 Å². The third-order valence-electron chi connectivity index (χ3n) is 3.09. The van der Waals surface area contributed by atoms with Gasteiger partial charge < -0.3 is 14.2 Å². The third kappa shape index (κ3) is 4.59. The summed E-state index contributed by atoms with van der Waals surface area (Å²) in [4.78, 5) is 22.5. The second-order valence-electron chi connectivity index (χ2n) is 4.92. The maximum Gasteiger partial charge on any atom is 0.434 e. The molecular weight excluding hydrogens is 395 g/mol. The molecule has 0 aromatic heterocycles. The van der Waals surface area contributed by atoms with Gasteiger partial charge in [-0.25, -0.2) is 9.59 Å². The first-order chi connectivity index (χ1) is 11.5. The lowest BCUT2D eigenvalue weighted by molar-refractivity contribution is -0.331. The quantitative estimate of drug-likeness (QED) is 0.409. The van der Waals surface area contributed by atoms with Crippen LogP contribution in [0.2, 0.25) is 0 Å². The third-order valence-corrected chi connectivity index (χ3v) is 3.09. The van der Waals surface area contributed by atoms with Crippen LogP contribution in [-0.4, -0.2) is 48.5 Å². The van der Waals surface area contributed by atoms with E-state index < -0.39 is 61.3 Å². The Morgan fingerprint density at radius 2 is 1.58 bits per heavy atom. The standard InChI is InChI=1S/C12H9F9O5/c1-2-5(22)24-6-3-4-9(26-6,12(19,20)21)8(23)25-7(10(13,14)15)11(16,17)18/h2,6-7H,1,3-4H2. The summed E-state index contributed by atoms with van der Waals surface area (Å²) in [6, 6.07) is 0. The average molecular weight is 404 g/mol. The Kier molecular flexibility index (Phi) is 5.91. The molecule has 14 heteroatoms. The van der Waals surface area contributed by atoms with Crippen LogP contribution in [0.25, 0.3) is 0 Å². The lowest BCUT2D eigenvalue weighted by Gasteiger charge is -2.31. The zero-order valence-electron chi connectivity index (χ0n) is 12.3. The molecule has 0 bridgehead atoms. The average Bonchev–Trinajstić information content (AvgIpc) is 2.86. The second kappa shape index (κ2) is 6.96. The highest BCUT2D eigenvalue weighted by Gasteiger charge is 2.70. The topological polar surface area (TPSA) is 61.8 Å². The van der Waals surface area contributed by atoms with E-state index in [2.05, 4.69) is 20.8 Å². The summed E-state index contributed by atoms with van der Waals surface area (Å²) < 4.78 is 125. The Hall–Kier alpha value is -1.99. The van der Waals surface area contributed by atoms with Crippen LogP contribution in [0.15, 0.2) is 12.7 Å². The number of alkyl halides is 9. The molecule has 1 saturated heterocycles. The number of halogens is 9. The summed E-state index contributed by atoms with van der Waals surface area (Å²) in [5.74, 6) is -4.24. The highest BCUT2D eigenvalue weighted by atomic mass is 19.4. The minimum absolute atomic E-state index is 0.513. The van der Waals surface area contributed by atoms with Gasteiger partial charge in [-0.2, -0.15) is 39.5 Å². The number of carbonyl (C=O) groups is 2. The number of esters is 2. The van der Waals surface area contributed by atoms with Crippen molar-refractivity contribution < 1.29 is 63.3 Å². The highest BCUT2D eigenvalue weighted by molar-refractivity contribution is 5.82. The minimum Gasteiger partial charge on any atom is -0.440 e. The number of ether oxygens (including phenoxy) is 3. The fourth-order valence-electron chi connectivity index (χ4n) is 1.92. The molecule has 0 N–H and O–H groups in total. The molecule has 0 radical (unpaired) electrons. The highest BCUT2D eigenvalue weighted by Crippen LogP contribution is 2.46. The van der Waals surface area contributed by atoms with Crippen molar-refractivity contribution in [2.75, 3.05) is 0 Å². The predicted octanol–water partition coefficient (Wildman–Crippen LogP) is 3.19. The van der Waals surface area contributed by atoms with Gasteiger partial charge in [-0.05, 0) is 0 Å². The van der Waals surface area contributed by atoms with Gasteiger partial charge in [0.15, 0.2) is 0 Å². The van der Waals surface area contributed by atoms with Crippen molar-refractivity contribution in [1.82, 2.24) is 0 Å². The van der Waals surface area contributed by atoms with E-state index in [0.717, 1.165) is 0 Å². The summed E-state index contributed by atoms with van der Waals surface area (Å²) in [7, 11) is 0. The van der Waals surface area contributed by atoms with Gasteiger partial charge in [0, 0.05) is 18.9 Å². The van der Waals surface area contributed by atoms with E-state index in [9.17, 15) is 49.1 Å². The van der Waals surface area contributed by atoms with Crippen LogP contribution in [0.5, 0.6) is 0 Å². The molecule has 1 rings (SSSR count). The predicted molar refractivity (Wildman–Crippen MR) is 61.2 cm³/mol.